The zero-order valence-corrected chi connectivity index (χ0v) is 23.7. The van der Waals surface area contributed by atoms with E-state index in [0.29, 0.717) is 25.2 Å². The molecule has 0 saturated heterocycles. The molecule has 1 saturated carbocycles. The molecule has 2 aromatic heterocycles. The van der Waals surface area contributed by atoms with Crippen molar-refractivity contribution >= 4 is 27.5 Å². The summed E-state index contributed by atoms with van der Waals surface area (Å²) >= 11 is 6.58. The normalized spacial score (nSPS) is 18.6. The molecule has 9 nitrogen and oxygen atoms in total. The third-order valence-corrected chi connectivity index (χ3v) is 7.74. The lowest BCUT2D eigenvalue weighted by Crippen LogP contribution is -2.33. The number of sulfonamides is 1. The Bertz CT molecular complexity index is 1240. The number of imidazole rings is 1. The number of ether oxygens (including phenoxy) is 1. The van der Waals surface area contributed by atoms with Gasteiger partial charge >= 0.3 is 6.61 Å². The summed E-state index contributed by atoms with van der Waals surface area (Å²) in [6.45, 7) is 5.19. The fourth-order valence-corrected chi connectivity index (χ4v) is 6.13. The van der Waals surface area contributed by atoms with Crippen molar-refractivity contribution in [3.63, 3.8) is 0 Å². The highest BCUT2D eigenvalue weighted by Gasteiger charge is 2.28. The average Bonchev–Trinajstić information content (AvgIpc) is 3.12. The Labute approximate surface area is 227 Å². The lowest BCUT2D eigenvalue weighted by atomic mass is 9.83. The lowest BCUT2D eigenvalue weighted by molar-refractivity contribution is -0.0501. The molecule has 1 fully saturated rings. The number of primary sulfonamides is 1. The Balaban J connectivity index is 1.79. The number of nitrogens with one attached hydrogen (secondary N) is 1. The van der Waals surface area contributed by atoms with Crippen molar-refractivity contribution in [1.29, 1.82) is 0 Å². The summed E-state index contributed by atoms with van der Waals surface area (Å²) < 4.78 is 55.4. The molecule has 0 spiro atoms. The van der Waals surface area contributed by atoms with Gasteiger partial charge in [0.25, 0.3) is 5.91 Å². The lowest BCUT2D eigenvalue weighted by Gasteiger charge is -2.27. The third-order valence-electron chi connectivity index (χ3n) is 6.46. The van der Waals surface area contributed by atoms with E-state index in [0.717, 1.165) is 31.2 Å². The maximum atomic E-state index is 13.3. The van der Waals surface area contributed by atoms with Crippen LogP contribution in [0.3, 0.4) is 0 Å². The van der Waals surface area contributed by atoms with Gasteiger partial charge < -0.3 is 10.1 Å². The topological polar surface area (TPSA) is 129 Å². The van der Waals surface area contributed by atoms with Crippen molar-refractivity contribution < 1.29 is 26.7 Å². The Morgan fingerprint density at radius 2 is 1.89 bits per heavy atom. The number of pyridine rings is 1. The Hall–Kier alpha value is -2.31. The van der Waals surface area contributed by atoms with Crippen LogP contribution in [0, 0.1) is 17.3 Å². The first-order valence-corrected chi connectivity index (χ1v) is 14.8. The molecule has 2 heterocycles. The van der Waals surface area contributed by atoms with E-state index in [9.17, 15) is 22.0 Å². The number of aryl methyl sites for hydroxylation is 1. The Morgan fingerprint density at radius 3 is 2.45 bits per heavy atom. The third kappa shape index (κ3) is 8.34. The molecule has 13 heteroatoms. The molecule has 0 aliphatic heterocycles. The summed E-state index contributed by atoms with van der Waals surface area (Å²) in [5.74, 6) is -0.0500. The second-order valence-electron chi connectivity index (χ2n) is 11.1. The maximum absolute atomic E-state index is 13.3. The highest BCUT2D eigenvalue weighted by atomic mass is 35.5. The number of hydrogen-bond acceptors (Lipinski definition) is 6. The SMILES string of the molecule is CCc1nc(C(=O)NCC2CCC(CS(N)(=O)=O)CC2)c(Cl)n1-c1ncc(CC(C)(C)C)cc1OC(F)F. The van der Waals surface area contributed by atoms with Crippen molar-refractivity contribution in [2.75, 3.05) is 12.3 Å². The molecule has 0 aromatic carbocycles. The van der Waals surface area contributed by atoms with E-state index < -0.39 is 22.5 Å². The van der Waals surface area contributed by atoms with E-state index in [2.05, 4.69) is 15.3 Å². The van der Waals surface area contributed by atoms with Gasteiger partial charge in [-0.25, -0.2) is 23.5 Å². The Kier molecular flexibility index (Phi) is 9.75. The minimum Gasteiger partial charge on any atom is -0.431 e. The molecule has 38 heavy (non-hydrogen) atoms. The van der Waals surface area contributed by atoms with E-state index in [1.807, 2.05) is 20.8 Å². The number of carbonyl (C=O) groups excluding carboxylic acids is 1. The number of alkyl halides is 2. The van der Waals surface area contributed by atoms with Gasteiger partial charge in [0.15, 0.2) is 17.3 Å². The number of hydrogen-bond donors (Lipinski definition) is 2. The highest BCUT2D eigenvalue weighted by molar-refractivity contribution is 7.89. The second-order valence-corrected chi connectivity index (χ2v) is 13.1. The average molecular weight is 576 g/mol. The maximum Gasteiger partial charge on any atom is 0.387 e. The van der Waals surface area contributed by atoms with Crippen LogP contribution in [-0.2, 0) is 22.9 Å². The monoisotopic (exact) mass is 575 g/mol. The second kappa shape index (κ2) is 12.3. The molecule has 0 radical (unpaired) electrons. The standard InChI is InChI=1S/C25H36ClF2N5O4S/c1-5-19-32-20(23(34)31-12-15-6-8-16(9-7-15)14-38(29,35)36)21(26)33(19)22-18(37-24(27)28)10-17(13-30-22)11-25(2,3)4/h10,13,15-16,24H,5-9,11-12,14H2,1-4H3,(H,31,34)(H2,29,35,36). The van der Waals surface area contributed by atoms with Gasteiger partial charge in [-0.05, 0) is 61.0 Å². The predicted molar refractivity (Wildman–Crippen MR) is 141 cm³/mol. The minimum absolute atomic E-state index is 0.0264. The first kappa shape index (κ1) is 30.2. The van der Waals surface area contributed by atoms with Crippen molar-refractivity contribution in [2.24, 2.45) is 22.4 Å². The summed E-state index contributed by atoms with van der Waals surface area (Å²) in [4.78, 5) is 21.8. The zero-order chi connectivity index (χ0) is 28.3. The number of halogens is 3. The molecule has 1 aliphatic carbocycles. The molecule has 3 N–H and O–H groups in total. The number of carbonyl (C=O) groups is 1. The molecule has 212 valence electrons. The molecule has 0 atom stereocenters. The first-order valence-electron chi connectivity index (χ1n) is 12.7. The van der Waals surface area contributed by atoms with Crippen molar-refractivity contribution in [3.8, 4) is 11.6 Å². The van der Waals surface area contributed by atoms with Crippen molar-refractivity contribution in [3.05, 3.63) is 34.5 Å². The van der Waals surface area contributed by atoms with Gasteiger partial charge in [0, 0.05) is 19.2 Å². The van der Waals surface area contributed by atoms with E-state index in [1.165, 1.54) is 10.6 Å². The number of aromatic nitrogens is 3. The van der Waals surface area contributed by atoms with Crippen LogP contribution in [-0.4, -0.2) is 47.8 Å². The molecule has 3 rings (SSSR count). The van der Waals surface area contributed by atoms with Crippen LogP contribution >= 0.6 is 11.6 Å². The minimum atomic E-state index is -3.51. The number of rotatable bonds is 10. The molecule has 1 aliphatic rings. The van der Waals surface area contributed by atoms with Crippen LogP contribution in [0.2, 0.25) is 5.15 Å². The molecular weight excluding hydrogens is 540 g/mol. The van der Waals surface area contributed by atoms with Crippen LogP contribution in [0.1, 0.15) is 75.3 Å². The highest BCUT2D eigenvalue weighted by Crippen LogP contribution is 2.33. The first-order chi connectivity index (χ1) is 17.7. The van der Waals surface area contributed by atoms with Gasteiger partial charge in [0.05, 0.1) is 5.75 Å². The van der Waals surface area contributed by atoms with Gasteiger partial charge in [0.2, 0.25) is 10.0 Å². The fourth-order valence-electron chi connectivity index (χ4n) is 4.83. The van der Waals surface area contributed by atoms with Crippen LogP contribution in [0.25, 0.3) is 5.82 Å². The fraction of sp³-hybridized carbons (Fsp3) is 0.640. The Morgan fingerprint density at radius 1 is 1.26 bits per heavy atom. The van der Waals surface area contributed by atoms with E-state index in [1.54, 1.807) is 13.1 Å². The summed E-state index contributed by atoms with van der Waals surface area (Å²) in [6.07, 6.45) is 5.51. The largest absolute Gasteiger partial charge is 0.431 e. The molecule has 0 unspecified atom stereocenters. The number of amides is 1. The smallest absolute Gasteiger partial charge is 0.387 e. The molecular formula is C25H36ClF2N5O4S. The molecule has 0 bridgehead atoms. The van der Waals surface area contributed by atoms with E-state index in [4.69, 9.17) is 21.5 Å². The molecule has 2 aromatic rings. The van der Waals surface area contributed by atoms with Gasteiger partial charge in [0.1, 0.15) is 11.0 Å². The van der Waals surface area contributed by atoms with Gasteiger partial charge in [-0.3, -0.25) is 9.36 Å². The number of nitrogens with zero attached hydrogens (tertiary/aromatic N) is 3. The summed E-state index contributed by atoms with van der Waals surface area (Å²) in [5.41, 5.74) is 0.594. The van der Waals surface area contributed by atoms with E-state index >= 15 is 0 Å². The summed E-state index contributed by atoms with van der Waals surface area (Å²) in [5, 5.41) is 7.96. The van der Waals surface area contributed by atoms with E-state index in [-0.39, 0.29) is 45.4 Å². The van der Waals surface area contributed by atoms with Crippen LogP contribution in [0.4, 0.5) is 8.78 Å². The number of nitrogens with two attached hydrogens (primary N) is 1. The predicted octanol–water partition coefficient (Wildman–Crippen LogP) is 4.50. The van der Waals surface area contributed by atoms with Crippen LogP contribution in [0.5, 0.6) is 5.75 Å². The zero-order valence-electron chi connectivity index (χ0n) is 22.1. The van der Waals surface area contributed by atoms with Crippen molar-refractivity contribution in [2.45, 2.75) is 72.8 Å². The van der Waals surface area contributed by atoms with Crippen LogP contribution < -0.4 is 15.2 Å². The summed E-state index contributed by atoms with van der Waals surface area (Å²) in [6, 6.07) is 1.52. The quantitative estimate of drug-likeness (QED) is 0.429. The van der Waals surface area contributed by atoms with Gasteiger partial charge in [-0.15, -0.1) is 0 Å². The van der Waals surface area contributed by atoms with Crippen molar-refractivity contribution in [1.82, 2.24) is 19.9 Å². The van der Waals surface area contributed by atoms with Gasteiger partial charge in [-0.2, -0.15) is 8.78 Å². The molecule has 1 amide bonds. The van der Waals surface area contributed by atoms with Crippen LogP contribution in [0.15, 0.2) is 12.3 Å². The summed E-state index contributed by atoms with van der Waals surface area (Å²) in [7, 11) is -3.51. The van der Waals surface area contributed by atoms with Gasteiger partial charge in [-0.1, -0.05) is 39.3 Å².